The highest BCUT2D eigenvalue weighted by Gasteiger charge is 2.36. The SMILES string of the molecule is COCCN1CC(O)CC1C(=O)OC. The molecule has 1 N–H and O–H groups in total. The Labute approximate surface area is 83.6 Å². The summed E-state index contributed by atoms with van der Waals surface area (Å²) in [5, 5.41) is 9.42. The predicted octanol–water partition coefficient (Wildman–Crippen LogP) is -0.759. The van der Waals surface area contributed by atoms with Crippen LogP contribution in [0, 0.1) is 0 Å². The average molecular weight is 203 g/mol. The van der Waals surface area contributed by atoms with Crippen molar-refractivity contribution in [2.45, 2.75) is 18.6 Å². The summed E-state index contributed by atoms with van der Waals surface area (Å²) < 4.78 is 9.59. The largest absolute Gasteiger partial charge is 0.468 e. The number of methoxy groups -OCH3 is 2. The fraction of sp³-hybridized carbons (Fsp3) is 0.889. The number of nitrogens with zero attached hydrogens (tertiary/aromatic N) is 1. The van der Waals surface area contributed by atoms with Crippen LogP contribution in [0.2, 0.25) is 0 Å². The van der Waals surface area contributed by atoms with Crippen molar-refractivity contribution in [3.8, 4) is 0 Å². The summed E-state index contributed by atoms with van der Waals surface area (Å²) in [5.74, 6) is -0.280. The minimum Gasteiger partial charge on any atom is -0.468 e. The summed E-state index contributed by atoms with van der Waals surface area (Å²) in [6, 6.07) is -0.315. The maximum absolute atomic E-state index is 11.3. The van der Waals surface area contributed by atoms with Crippen LogP contribution in [0.3, 0.4) is 0 Å². The van der Waals surface area contributed by atoms with E-state index in [2.05, 4.69) is 4.74 Å². The Balaban J connectivity index is 2.49. The van der Waals surface area contributed by atoms with Gasteiger partial charge in [-0.05, 0) is 0 Å². The second-order valence-corrected chi connectivity index (χ2v) is 3.42. The van der Waals surface area contributed by atoms with Gasteiger partial charge in [0.2, 0.25) is 0 Å². The Bertz CT molecular complexity index is 197. The number of hydrogen-bond acceptors (Lipinski definition) is 5. The van der Waals surface area contributed by atoms with Crippen LogP contribution in [0.5, 0.6) is 0 Å². The zero-order chi connectivity index (χ0) is 10.6. The fourth-order valence-corrected chi connectivity index (χ4v) is 1.72. The first-order valence-corrected chi connectivity index (χ1v) is 4.68. The van der Waals surface area contributed by atoms with Crippen molar-refractivity contribution in [2.24, 2.45) is 0 Å². The lowest BCUT2D eigenvalue weighted by Gasteiger charge is -2.21. The van der Waals surface area contributed by atoms with Crippen molar-refractivity contribution >= 4 is 5.97 Å². The van der Waals surface area contributed by atoms with Crippen LogP contribution in [-0.2, 0) is 14.3 Å². The number of esters is 1. The molecule has 0 aliphatic carbocycles. The van der Waals surface area contributed by atoms with Crippen molar-refractivity contribution < 1.29 is 19.4 Å². The number of β-amino-alcohol motifs (C(OH)–C–C–N with tert-alkyl or cyclic N) is 1. The Morgan fingerprint density at radius 1 is 1.57 bits per heavy atom. The van der Waals surface area contributed by atoms with Gasteiger partial charge in [-0.15, -0.1) is 0 Å². The number of aliphatic hydroxyl groups excluding tert-OH is 1. The van der Waals surface area contributed by atoms with E-state index in [1.807, 2.05) is 4.90 Å². The number of carbonyl (C=O) groups excluding carboxylic acids is 1. The van der Waals surface area contributed by atoms with Gasteiger partial charge >= 0.3 is 5.97 Å². The molecule has 2 atom stereocenters. The van der Waals surface area contributed by atoms with Crippen molar-refractivity contribution in [2.75, 3.05) is 33.9 Å². The highest BCUT2D eigenvalue weighted by Crippen LogP contribution is 2.18. The van der Waals surface area contributed by atoms with E-state index in [9.17, 15) is 9.90 Å². The Morgan fingerprint density at radius 3 is 2.86 bits per heavy atom. The molecule has 1 aliphatic rings. The number of ether oxygens (including phenoxy) is 2. The molecule has 1 saturated heterocycles. The second-order valence-electron chi connectivity index (χ2n) is 3.42. The monoisotopic (exact) mass is 203 g/mol. The zero-order valence-electron chi connectivity index (χ0n) is 8.60. The molecule has 2 unspecified atom stereocenters. The van der Waals surface area contributed by atoms with E-state index >= 15 is 0 Å². The topological polar surface area (TPSA) is 59.0 Å². The lowest BCUT2D eigenvalue weighted by atomic mass is 10.2. The third-order valence-electron chi connectivity index (χ3n) is 2.44. The fourth-order valence-electron chi connectivity index (χ4n) is 1.72. The van der Waals surface area contributed by atoms with E-state index < -0.39 is 6.10 Å². The summed E-state index contributed by atoms with van der Waals surface area (Å²) >= 11 is 0. The molecule has 0 bridgehead atoms. The third-order valence-corrected chi connectivity index (χ3v) is 2.44. The zero-order valence-corrected chi connectivity index (χ0v) is 8.60. The molecular formula is C9H17NO4. The first kappa shape index (κ1) is 11.4. The second kappa shape index (κ2) is 5.29. The molecule has 5 nitrogen and oxygen atoms in total. The van der Waals surface area contributed by atoms with Crippen LogP contribution in [0.1, 0.15) is 6.42 Å². The van der Waals surface area contributed by atoms with Crippen molar-refractivity contribution in [3.63, 3.8) is 0 Å². The molecule has 0 saturated carbocycles. The molecule has 0 aromatic rings. The first-order chi connectivity index (χ1) is 6.69. The van der Waals surface area contributed by atoms with E-state index in [0.717, 1.165) is 0 Å². The van der Waals surface area contributed by atoms with Crippen LogP contribution in [0.25, 0.3) is 0 Å². The van der Waals surface area contributed by atoms with Gasteiger partial charge in [0.05, 0.1) is 19.8 Å². The molecule has 82 valence electrons. The van der Waals surface area contributed by atoms with Gasteiger partial charge < -0.3 is 14.6 Å². The van der Waals surface area contributed by atoms with Crippen LogP contribution in [-0.4, -0.2) is 62.0 Å². The van der Waals surface area contributed by atoms with Crippen LogP contribution >= 0.6 is 0 Å². The van der Waals surface area contributed by atoms with Gasteiger partial charge in [0, 0.05) is 26.6 Å². The molecule has 0 spiro atoms. The highest BCUT2D eigenvalue weighted by molar-refractivity contribution is 5.76. The Hall–Kier alpha value is -0.650. The van der Waals surface area contributed by atoms with Crippen LogP contribution in [0.15, 0.2) is 0 Å². The van der Waals surface area contributed by atoms with Crippen molar-refractivity contribution in [1.82, 2.24) is 4.90 Å². The standard InChI is InChI=1S/C9H17NO4/c1-13-4-3-10-6-7(11)5-8(10)9(12)14-2/h7-8,11H,3-6H2,1-2H3. The lowest BCUT2D eigenvalue weighted by molar-refractivity contribution is -0.146. The van der Waals surface area contributed by atoms with E-state index in [1.165, 1.54) is 7.11 Å². The highest BCUT2D eigenvalue weighted by atomic mass is 16.5. The maximum atomic E-state index is 11.3. The summed E-state index contributed by atoms with van der Waals surface area (Å²) in [6.07, 6.45) is 0.0204. The number of carbonyl (C=O) groups is 1. The molecule has 1 aliphatic heterocycles. The molecule has 1 fully saturated rings. The molecule has 5 heteroatoms. The van der Waals surface area contributed by atoms with E-state index in [4.69, 9.17) is 4.74 Å². The van der Waals surface area contributed by atoms with Crippen molar-refractivity contribution in [1.29, 1.82) is 0 Å². The van der Waals surface area contributed by atoms with Gasteiger partial charge in [-0.1, -0.05) is 0 Å². The first-order valence-electron chi connectivity index (χ1n) is 4.68. The molecular weight excluding hydrogens is 186 g/mol. The third kappa shape index (κ3) is 2.67. The summed E-state index contributed by atoms with van der Waals surface area (Å²) in [7, 11) is 2.97. The molecule has 0 radical (unpaired) electrons. The Morgan fingerprint density at radius 2 is 2.29 bits per heavy atom. The molecule has 0 amide bonds. The molecule has 1 rings (SSSR count). The van der Waals surface area contributed by atoms with Gasteiger partial charge in [0.15, 0.2) is 0 Å². The number of rotatable bonds is 4. The summed E-state index contributed by atoms with van der Waals surface area (Å²) in [4.78, 5) is 13.2. The lowest BCUT2D eigenvalue weighted by Crippen LogP contribution is -2.38. The molecule has 14 heavy (non-hydrogen) atoms. The van der Waals surface area contributed by atoms with Gasteiger partial charge in [-0.3, -0.25) is 9.69 Å². The smallest absolute Gasteiger partial charge is 0.323 e. The van der Waals surface area contributed by atoms with E-state index in [0.29, 0.717) is 26.1 Å². The van der Waals surface area contributed by atoms with Gasteiger partial charge in [0.25, 0.3) is 0 Å². The maximum Gasteiger partial charge on any atom is 0.323 e. The minimum atomic E-state index is -0.434. The summed E-state index contributed by atoms with van der Waals surface area (Å²) in [5.41, 5.74) is 0. The number of aliphatic hydroxyl groups is 1. The van der Waals surface area contributed by atoms with Gasteiger partial charge in [-0.2, -0.15) is 0 Å². The molecule has 0 aromatic heterocycles. The minimum absolute atomic E-state index is 0.280. The van der Waals surface area contributed by atoms with Gasteiger partial charge in [-0.25, -0.2) is 0 Å². The molecule has 0 aromatic carbocycles. The Kier molecular flexibility index (Phi) is 4.31. The van der Waals surface area contributed by atoms with Crippen LogP contribution in [0.4, 0.5) is 0 Å². The quantitative estimate of drug-likeness (QED) is 0.609. The van der Waals surface area contributed by atoms with Crippen LogP contribution < -0.4 is 0 Å². The number of hydrogen-bond donors (Lipinski definition) is 1. The van der Waals surface area contributed by atoms with E-state index in [1.54, 1.807) is 7.11 Å². The predicted molar refractivity (Wildman–Crippen MR) is 49.9 cm³/mol. The van der Waals surface area contributed by atoms with E-state index in [-0.39, 0.29) is 12.0 Å². The van der Waals surface area contributed by atoms with Gasteiger partial charge in [0.1, 0.15) is 6.04 Å². The molecule has 1 heterocycles. The summed E-state index contributed by atoms with van der Waals surface area (Å²) in [6.45, 7) is 1.72. The normalized spacial score (nSPS) is 27.9. The van der Waals surface area contributed by atoms with Crippen molar-refractivity contribution in [3.05, 3.63) is 0 Å². The number of likely N-dealkylation sites (tertiary alicyclic amines) is 1. The average Bonchev–Trinajstić information content (AvgIpc) is 2.55.